The lowest BCUT2D eigenvalue weighted by Gasteiger charge is -2.41. The van der Waals surface area contributed by atoms with Gasteiger partial charge >= 0.3 is 17.4 Å². The van der Waals surface area contributed by atoms with Crippen LogP contribution in [-0.4, -0.2) is 56.1 Å². The fraction of sp³-hybridized carbons (Fsp3) is 0.850. The predicted molar refractivity (Wildman–Crippen MR) is 123 cm³/mol. The maximum atomic E-state index is 12.4. The molecule has 0 saturated carbocycles. The van der Waals surface area contributed by atoms with Crippen LogP contribution in [0.3, 0.4) is 0 Å². The van der Waals surface area contributed by atoms with E-state index in [2.05, 4.69) is 77.7 Å². The lowest BCUT2D eigenvalue weighted by molar-refractivity contribution is -0.0399. The van der Waals surface area contributed by atoms with E-state index in [4.69, 9.17) is 18.3 Å². The van der Waals surface area contributed by atoms with Gasteiger partial charge in [-0.05, 0) is 36.3 Å². The second-order valence-electron chi connectivity index (χ2n) is 11.6. The van der Waals surface area contributed by atoms with Crippen LogP contribution in [0.25, 0.3) is 0 Å². The van der Waals surface area contributed by atoms with Crippen molar-refractivity contribution in [1.29, 1.82) is 0 Å². The Morgan fingerprint density at radius 3 is 2.16 bits per heavy atom. The van der Waals surface area contributed by atoms with Gasteiger partial charge in [0.2, 0.25) is 0 Å². The van der Waals surface area contributed by atoms with E-state index in [-0.39, 0.29) is 16.1 Å². The average molecular weight is 472 g/mol. The first kappa shape index (κ1) is 24.4. The van der Waals surface area contributed by atoms with Crippen molar-refractivity contribution in [3.8, 4) is 6.01 Å². The summed E-state index contributed by atoms with van der Waals surface area (Å²) in [6, 6.07) is -0.0312. The summed E-state index contributed by atoms with van der Waals surface area (Å²) in [5, 5.41) is 0.0349. The Balaban J connectivity index is 1.92. The quantitative estimate of drug-likeness (QED) is 0.658. The third kappa shape index (κ3) is 4.47. The zero-order valence-electron chi connectivity index (χ0n) is 20.4. The van der Waals surface area contributed by atoms with Gasteiger partial charge in [0.15, 0.2) is 29.0 Å². The summed E-state index contributed by atoms with van der Waals surface area (Å²) in [5.74, 6) is 0. The second kappa shape index (κ2) is 7.65. The number of hydrogen-bond acceptors (Lipinski definition) is 7. The number of rotatable bonds is 5. The molecule has 0 aromatic carbocycles. The molecular formula is C20H37N3O6Si2. The number of nitrogens with zero attached hydrogens (tertiary/aromatic N) is 2. The molecule has 3 rings (SSSR count). The van der Waals surface area contributed by atoms with Crippen molar-refractivity contribution < 1.29 is 18.3 Å². The molecule has 0 amide bonds. The maximum Gasteiger partial charge on any atom is 0.353 e. The largest absolute Gasteiger partial charge is 0.453 e. The molecule has 2 aliphatic rings. The lowest BCUT2D eigenvalue weighted by Crippen LogP contribution is -2.51. The highest BCUT2D eigenvalue weighted by Crippen LogP contribution is 2.45. The van der Waals surface area contributed by atoms with E-state index in [1.807, 2.05) is 0 Å². The highest BCUT2D eigenvalue weighted by Gasteiger charge is 2.56. The van der Waals surface area contributed by atoms with Crippen molar-refractivity contribution in [2.24, 2.45) is 0 Å². The van der Waals surface area contributed by atoms with E-state index in [1.165, 1.54) is 4.57 Å². The molecule has 1 aromatic rings. The molecule has 4 atom stereocenters. The number of ether oxygens (including phenoxy) is 2. The Labute approximate surface area is 185 Å². The fourth-order valence-corrected chi connectivity index (χ4v) is 5.51. The molecule has 9 nitrogen and oxygen atoms in total. The monoisotopic (exact) mass is 471 g/mol. The van der Waals surface area contributed by atoms with Crippen molar-refractivity contribution in [1.82, 2.24) is 14.5 Å². The van der Waals surface area contributed by atoms with Gasteiger partial charge in [-0.1, -0.05) is 41.5 Å². The van der Waals surface area contributed by atoms with Crippen molar-refractivity contribution in [2.45, 2.75) is 102 Å². The first-order valence-corrected chi connectivity index (χ1v) is 16.6. The molecule has 0 radical (unpaired) electrons. The van der Waals surface area contributed by atoms with E-state index < -0.39 is 52.6 Å². The number of aromatic nitrogens is 3. The van der Waals surface area contributed by atoms with Gasteiger partial charge in [-0.25, -0.2) is 14.2 Å². The molecule has 3 heterocycles. The van der Waals surface area contributed by atoms with Gasteiger partial charge in [-0.2, -0.15) is 0 Å². The summed E-state index contributed by atoms with van der Waals surface area (Å²) in [7, 11) is -4.21. The van der Waals surface area contributed by atoms with Crippen LogP contribution in [0.4, 0.5) is 0 Å². The Hall–Kier alpha value is -1.28. The molecule has 1 fully saturated rings. The van der Waals surface area contributed by atoms with Gasteiger partial charge in [0.1, 0.15) is 12.2 Å². The summed E-state index contributed by atoms with van der Waals surface area (Å²) in [6.07, 6.45) is -2.12. The van der Waals surface area contributed by atoms with E-state index in [9.17, 15) is 9.59 Å². The topological polar surface area (TPSA) is 105 Å². The minimum atomic E-state index is -2.19. The van der Waals surface area contributed by atoms with Crippen molar-refractivity contribution in [3.05, 3.63) is 21.0 Å². The Bertz CT molecular complexity index is 944. The van der Waals surface area contributed by atoms with Crippen LogP contribution in [0, 0.1) is 0 Å². The Kier molecular flexibility index (Phi) is 6.01. The summed E-state index contributed by atoms with van der Waals surface area (Å²) >= 11 is 0. The SMILES string of the molecule is CC(C)(C)[Si](C)(C)OC[C@H]1O[C@@H]2[C@@H](Oc3nc(=O)[nH]c(=O)n32)[C@@H]1O[Si](C)(C)C(C)(C)C. The fourth-order valence-electron chi connectivity index (χ4n) is 3.18. The van der Waals surface area contributed by atoms with Crippen molar-refractivity contribution >= 4 is 16.6 Å². The highest BCUT2D eigenvalue weighted by molar-refractivity contribution is 6.74. The first-order valence-electron chi connectivity index (χ1n) is 10.8. The van der Waals surface area contributed by atoms with Gasteiger partial charge < -0.3 is 18.3 Å². The number of aromatic amines is 1. The smallest absolute Gasteiger partial charge is 0.353 e. The number of nitrogens with one attached hydrogen (secondary N) is 1. The molecule has 0 aliphatic carbocycles. The molecule has 31 heavy (non-hydrogen) atoms. The van der Waals surface area contributed by atoms with Gasteiger partial charge in [0.25, 0.3) is 0 Å². The normalized spacial score (nSPS) is 26.5. The predicted octanol–water partition coefficient (Wildman–Crippen LogP) is 3.00. The summed E-state index contributed by atoms with van der Waals surface area (Å²) in [5.41, 5.74) is -1.34. The molecule has 0 bridgehead atoms. The Morgan fingerprint density at radius 2 is 1.61 bits per heavy atom. The molecule has 1 N–H and O–H groups in total. The third-order valence-corrected chi connectivity index (χ3v) is 16.2. The van der Waals surface area contributed by atoms with Crippen LogP contribution < -0.4 is 16.1 Å². The standard InChI is InChI=1S/C20H37N3O6Si2/c1-19(2,3)30(7,8)26-11-12-13(29-31(9,10)20(4,5)6)14-15(27-12)23-17(25)21-16(24)22-18(23)28-14/h12-15H,11H2,1-10H3,(H,21,24,25)/t12-,13-,14+,15-/m1/s1. The second-order valence-corrected chi connectivity index (χ2v) is 21.1. The zero-order chi connectivity index (χ0) is 23.6. The maximum absolute atomic E-state index is 12.4. The molecule has 0 unspecified atom stereocenters. The molecule has 1 aromatic heterocycles. The summed E-state index contributed by atoms with van der Waals surface area (Å²) in [4.78, 5) is 30.1. The van der Waals surface area contributed by atoms with Crippen molar-refractivity contribution in [2.75, 3.05) is 6.61 Å². The molecular weight excluding hydrogens is 434 g/mol. The van der Waals surface area contributed by atoms with Gasteiger partial charge in [0, 0.05) is 0 Å². The summed E-state index contributed by atoms with van der Waals surface area (Å²) < 4.78 is 26.7. The van der Waals surface area contributed by atoms with Gasteiger partial charge in [-0.15, -0.1) is 4.98 Å². The molecule has 0 spiro atoms. The average Bonchev–Trinajstić information content (AvgIpc) is 3.07. The van der Waals surface area contributed by atoms with Crippen LogP contribution in [0.15, 0.2) is 9.59 Å². The number of H-pyrrole nitrogens is 1. The molecule has 2 aliphatic heterocycles. The van der Waals surface area contributed by atoms with Gasteiger partial charge in [-0.3, -0.25) is 4.98 Å². The molecule has 11 heteroatoms. The van der Waals surface area contributed by atoms with Gasteiger partial charge in [0.05, 0.1) is 6.61 Å². The molecule has 1 saturated heterocycles. The minimum absolute atomic E-state index is 0.0214. The first-order chi connectivity index (χ1) is 13.9. The third-order valence-electron chi connectivity index (χ3n) is 7.27. The Morgan fingerprint density at radius 1 is 1.03 bits per heavy atom. The van der Waals surface area contributed by atoms with Crippen molar-refractivity contribution in [3.63, 3.8) is 0 Å². The van der Waals surface area contributed by atoms with Crippen LogP contribution in [0.1, 0.15) is 47.8 Å². The van der Waals surface area contributed by atoms with E-state index in [1.54, 1.807) is 0 Å². The number of hydrogen-bond donors (Lipinski definition) is 1. The van der Waals surface area contributed by atoms with Crippen LogP contribution in [0.2, 0.25) is 36.3 Å². The van der Waals surface area contributed by atoms with E-state index in [0.29, 0.717) is 6.61 Å². The highest BCUT2D eigenvalue weighted by atomic mass is 28.4. The molecule has 176 valence electrons. The zero-order valence-corrected chi connectivity index (χ0v) is 22.4. The van der Waals surface area contributed by atoms with E-state index >= 15 is 0 Å². The van der Waals surface area contributed by atoms with Crippen LogP contribution in [0.5, 0.6) is 6.01 Å². The number of fused-ring (bicyclic) bond motifs is 3. The lowest BCUT2D eigenvalue weighted by atomic mass is 10.1. The van der Waals surface area contributed by atoms with Crippen LogP contribution in [-0.2, 0) is 13.6 Å². The van der Waals surface area contributed by atoms with Crippen LogP contribution >= 0.6 is 0 Å². The summed E-state index contributed by atoms with van der Waals surface area (Å²) in [6.45, 7) is 22.1. The minimum Gasteiger partial charge on any atom is -0.453 e. The van der Waals surface area contributed by atoms with E-state index in [0.717, 1.165) is 0 Å².